The molecule has 0 saturated heterocycles. The van der Waals surface area contributed by atoms with Gasteiger partial charge in [-0.3, -0.25) is 0 Å². The minimum Gasteiger partial charge on any atom is -0.391 e. The highest BCUT2D eigenvalue weighted by Gasteiger charge is 2.06. The topological polar surface area (TPSA) is 36.4 Å². The average Bonchev–Trinajstić information content (AvgIpc) is 2.62. The first-order valence-corrected chi connectivity index (χ1v) is 5.72. The van der Waals surface area contributed by atoms with Gasteiger partial charge in [-0.1, -0.05) is 25.2 Å². The smallest absolute Gasteiger partial charge is 0.185 e. The molecule has 0 unspecified atom stereocenters. The van der Waals surface area contributed by atoms with Crippen LogP contribution in [0.1, 0.15) is 25.1 Å². The monoisotopic (exact) mass is 214 g/mol. The maximum Gasteiger partial charge on any atom is 0.185 e. The van der Waals surface area contributed by atoms with Crippen molar-refractivity contribution < 1.29 is 5.11 Å². The Labute approximate surface area is 89.4 Å². The number of thiazole rings is 1. The number of aliphatic hydroxyl groups is 1. The maximum atomic E-state index is 8.90. The first-order valence-electron chi connectivity index (χ1n) is 4.90. The third kappa shape index (κ3) is 3.27. The Kier molecular flexibility index (Phi) is 4.35. The molecular formula is C10H18N2OS. The van der Waals surface area contributed by atoms with Crippen molar-refractivity contribution in [1.82, 2.24) is 4.98 Å². The van der Waals surface area contributed by atoms with E-state index < -0.39 is 0 Å². The fourth-order valence-corrected chi connectivity index (χ4v) is 1.85. The first kappa shape index (κ1) is 11.5. The molecule has 0 aromatic carbocycles. The lowest BCUT2D eigenvalue weighted by Gasteiger charge is -2.16. The zero-order chi connectivity index (χ0) is 10.6. The normalized spacial score (nSPS) is 10.9. The van der Waals surface area contributed by atoms with Gasteiger partial charge < -0.3 is 10.0 Å². The second-order valence-corrected chi connectivity index (χ2v) is 4.96. The molecule has 1 heterocycles. The van der Waals surface area contributed by atoms with E-state index in [1.54, 1.807) is 17.5 Å². The molecular weight excluding hydrogens is 196 g/mol. The van der Waals surface area contributed by atoms with E-state index in [0.717, 1.165) is 22.5 Å². The highest BCUT2D eigenvalue weighted by atomic mass is 32.1. The number of rotatable bonds is 5. The number of hydrogen-bond donors (Lipinski definition) is 1. The van der Waals surface area contributed by atoms with Gasteiger partial charge in [0, 0.05) is 19.8 Å². The molecule has 0 bridgehead atoms. The van der Waals surface area contributed by atoms with Gasteiger partial charge in [0.05, 0.1) is 11.5 Å². The minimum atomic E-state index is 0.0929. The predicted octanol–water partition coefficient (Wildman–Crippen LogP) is 2.12. The van der Waals surface area contributed by atoms with Crippen LogP contribution in [0.5, 0.6) is 0 Å². The van der Waals surface area contributed by atoms with Crippen molar-refractivity contribution in [3.8, 4) is 0 Å². The molecule has 1 aromatic rings. The van der Waals surface area contributed by atoms with E-state index in [1.165, 1.54) is 6.42 Å². The molecule has 4 heteroatoms. The molecule has 3 nitrogen and oxygen atoms in total. The summed E-state index contributed by atoms with van der Waals surface area (Å²) in [7, 11) is 2.04. The van der Waals surface area contributed by atoms with E-state index in [2.05, 4.69) is 23.7 Å². The largest absolute Gasteiger partial charge is 0.391 e. The summed E-state index contributed by atoms with van der Waals surface area (Å²) in [6.45, 7) is 5.55. The van der Waals surface area contributed by atoms with Crippen molar-refractivity contribution >= 4 is 16.5 Å². The Morgan fingerprint density at radius 1 is 1.57 bits per heavy atom. The third-order valence-electron chi connectivity index (χ3n) is 2.07. The van der Waals surface area contributed by atoms with Crippen molar-refractivity contribution in [2.75, 3.05) is 18.5 Å². The van der Waals surface area contributed by atoms with Crippen LogP contribution < -0.4 is 4.90 Å². The van der Waals surface area contributed by atoms with Crippen LogP contribution in [0.2, 0.25) is 0 Å². The molecule has 0 aliphatic carbocycles. The van der Waals surface area contributed by atoms with Crippen molar-refractivity contribution in [3.05, 3.63) is 11.1 Å². The molecule has 0 aliphatic heterocycles. The molecule has 0 amide bonds. The molecule has 1 rings (SSSR count). The summed E-state index contributed by atoms with van der Waals surface area (Å²) in [6.07, 6.45) is 2.91. The van der Waals surface area contributed by atoms with E-state index in [1.807, 2.05) is 7.05 Å². The Morgan fingerprint density at radius 2 is 2.29 bits per heavy atom. The molecule has 14 heavy (non-hydrogen) atoms. The van der Waals surface area contributed by atoms with Gasteiger partial charge in [-0.15, -0.1) is 0 Å². The second kappa shape index (κ2) is 5.32. The Hall–Kier alpha value is -0.610. The third-order valence-corrected chi connectivity index (χ3v) is 3.16. The van der Waals surface area contributed by atoms with Gasteiger partial charge in [0.25, 0.3) is 0 Å². The van der Waals surface area contributed by atoms with Crippen LogP contribution in [-0.4, -0.2) is 23.7 Å². The van der Waals surface area contributed by atoms with Gasteiger partial charge in [0.2, 0.25) is 0 Å². The summed E-state index contributed by atoms with van der Waals surface area (Å²) in [5.74, 6) is 0.717. The van der Waals surface area contributed by atoms with Crippen LogP contribution in [0.15, 0.2) is 6.20 Å². The summed E-state index contributed by atoms with van der Waals surface area (Å²) >= 11 is 1.56. The van der Waals surface area contributed by atoms with E-state index in [0.29, 0.717) is 0 Å². The highest BCUT2D eigenvalue weighted by molar-refractivity contribution is 7.15. The zero-order valence-electron chi connectivity index (χ0n) is 9.03. The lowest BCUT2D eigenvalue weighted by atomic mass is 10.1. The van der Waals surface area contributed by atoms with Crippen LogP contribution in [-0.2, 0) is 6.61 Å². The molecule has 0 saturated carbocycles. The SMILES string of the molecule is CC(C)CCN(C)c1ncc(CO)s1. The Balaban J connectivity index is 2.47. The van der Waals surface area contributed by atoms with E-state index in [4.69, 9.17) is 5.11 Å². The average molecular weight is 214 g/mol. The van der Waals surface area contributed by atoms with Crippen molar-refractivity contribution in [2.45, 2.75) is 26.9 Å². The van der Waals surface area contributed by atoms with Gasteiger partial charge in [-0.25, -0.2) is 4.98 Å². The summed E-state index contributed by atoms with van der Waals surface area (Å²) in [4.78, 5) is 7.32. The van der Waals surface area contributed by atoms with Gasteiger partial charge in [-0.2, -0.15) is 0 Å². The van der Waals surface area contributed by atoms with Crippen LogP contribution in [0.4, 0.5) is 5.13 Å². The quantitative estimate of drug-likeness (QED) is 0.815. The fraction of sp³-hybridized carbons (Fsp3) is 0.700. The second-order valence-electron chi connectivity index (χ2n) is 3.87. The maximum absolute atomic E-state index is 8.90. The van der Waals surface area contributed by atoms with Gasteiger partial charge in [-0.05, 0) is 12.3 Å². The lowest BCUT2D eigenvalue weighted by molar-refractivity contribution is 0.285. The number of hydrogen-bond acceptors (Lipinski definition) is 4. The van der Waals surface area contributed by atoms with E-state index in [9.17, 15) is 0 Å². The summed E-state index contributed by atoms with van der Waals surface area (Å²) < 4.78 is 0. The minimum absolute atomic E-state index is 0.0929. The molecule has 0 atom stereocenters. The van der Waals surface area contributed by atoms with Crippen molar-refractivity contribution in [1.29, 1.82) is 0 Å². The van der Waals surface area contributed by atoms with Gasteiger partial charge in [0.1, 0.15) is 0 Å². The summed E-state index contributed by atoms with van der Waals surface area (Å²) in [5, 5.41) is 9.90. The molecule has 1 aromatic heterocycles. The standard InChI is InChI=1S/C10H18N2OS/c1-8(2)4-5-12(3)10-11-6-9(7-13)14-10/h6,8,13H,4-5,7H2,1-3H3. The summed E-state index contributed by atoms with van der Waals surface area (Å²) in [5.41, 5.74) is 0. The van der Waals surface area contributed by atoms with Crippen molar-refractivity contribution in [2.24, 2.45) is 5.92 Å². The molecule has 0 fully saturated rings. The Bertz CT molecular complexity index is 273. The van der Waals surface area contributed by atoms with Crippen LogP contribution in [0.25, 0.3) is 0 Å². The zero-order valence-corrected chi connectivity index (χ0v) is 9.84. The fourth-order valence-electron chi connectivity index (χ4n) is 1.09. The number of aliphatic hydroxyl groups excluding tert-OH is 1. The number of aromatic nitrogens is 1. The number of nitrogens with zero attached hydrogens (tertiary/aromatic N) is 2. The number of anilines is 1. The lowest BCUT2D eigenvalue weighted by Crippen LogP contribution is -2.19. The van der Waals surface area contributed by atoms with Crippen LogP contribution in [0.3, 0.4) is 0 Å². The molecule has 1 N–H and O–H groups in total. The van der Waals surface area contributed by atoms with Crippen molar-refractivity contribution in [3.63, 3.8) is 0 Å². The van der Waals surface area contributed by atoms with E-state index >= 15 is 0 Å². The van der Waals surface area contributed by atoms with Crippen LogP contribution in [0, 0.1) is 5.92 Å². The van der Waals surface area contributed by atoms with Gasteiger partial charge >= 0.3 is 0 Å². The molecule has 80 valence electrons. The van der Waals surface area contributed by atoms with Crippen LogP contribution >= 0.6 is 11.3 Å². The molecule has 0 spiro atoms. The highest BCUT2D eigenvalue weighted by Crippen LogP contribution is 2.21. The molecule has 0 radical (unpaired) electrons. The van der Waals surface area contributed by atoms with E-state index in [-0.39, 0.29) is 6.61 Å². The predicted molar refractivity (Wildman–Crippen MR) is 60.8 cm³/mol. The Morgan fingerprint density at radius 3 is 2.79 bits per heavy atom. The molecule has 0 aliphatic rings. The summed E-state index contributed by atoms with van der Waals surface area (Å²) in [6, 6.07) is 0. The first-order chi connectivity index (χ1) is 6.63. The van der Waals surface area contributed by atoms with Gasteiger partial charge in [0.15, 0.2) is 5.13 Å².